The summed E-state index contributed by atoms with van der Waals surface area (Å²) in [4.78, 5) is 3.47. The lowest BCUT2D eigenvalue weighted by molar-refractivity contribution is -0.137. The van der Waals surface area contributed by atoms with Crippen molar-refractivity contribution in [3.05, 3.63) is 30.5 Å². The maximum Gasteiger partial charge on any atom is 0.417 e. The lowest BCUT2D eigenvalue weighted by atomic mass is 10.2. The predicted octanol–water partition coefficient (Wildman–Crippen LogP) is 2.25. The number of halogens is 3. The Hall–Kier alpha value is -1.72. The number of rotatable bonds is 3. The Morgan fingerprint density at radius 1 is 1.53 bits per heavy atom. The second-order valence-corrected chi connectivity index (χ2v) is 2.72. The molecule has 0 atom stereocenters. The van der Waals surface area contributed by atoms with E-state index >= 15 is 0 Å². The molecule has 1 aromatic heterocycles. The molecule has 0 amide bonds. The van der Waals surface area contributed by atoms with Crippen LogP contribution in [0, 0.1) is 0 Å². The molecule has 82 valence electrons. The summed E-state index contributed by atoms with van der Waals surface area (Å²) in [6, 6.07) is 0.783. The van der Waals surface area contributed by atoms with Gasteiger partial charge in [-0.2, -0.15) is 13.2 Å². The van der Waals surface area contributed by atoms with E-state index in [0.29, 0.717) is 6.20 Å². The van der Waals surface area contributed by atoms with Crippen molar-refractivity contribution in [2.75, 3.05) is 12.3 Å². The van der Waals surface area contributed by atoms with Crippen LogP contribution in [-0.4, -0.2) is 11.6 Å². The normalized spacial score (nSPS) is 11.1. The number of pyridine rings is 1. The topological polar surface area (TPSA) is 48.1 Å². The van der Waals surface area contributed by atoms with E-state index in [1.54, 1.807) is 0 Å². The third-order valence-corrected chi connectivity index (χ3v) is 1.54. The Bertz CT molecular complexity index is 363. The predicted molar refractivity (Wildman–Crippen MR) is 49.3 cm³/mol. The number of anilines is 1. The molecule has 1 heterocycles. The first-order valence-electron chi connectivity index (χ1n) is 4.01. The first-order chi connectivity index (χ1) is 6.95. The third kappa shape index (κ3) is 2.87. The fourth-order valence-electron chi connectivity index (χ4n) is 0.883. The van der Waals surface area contributed by atoms with E-state index in [1.165, 1.54) is 6.08 Å². The number of nitrogens with zero attached hydrogens (tertiary/aromatic N) is 1. The molecule has 2 N–H and O–H groups in total. The average molecular weight is 218 g/mol. The van der Waals surface area contributed by atoms with Gasteiger partial charge in [0.2, 0.25) is 5.88 Å². The van der Waals surface area contributed by atoms with Crippen LogP contribution in [0.1, 0.15) is 5.56 Å². The summed E-state index contributed by atoms with van der Waals surface area (Å²) in [6.07, 6.45) is -2.33. The summed E-state index contributed by atoms with van der Waals surface area (Å²) in [5.74, 6) is -0.0251. The van der Waals surface area contributed by atoms with E-state index in [0.717, 1.165) is 6.07 Å². The van der Waals surface area contributed by atoms with E-state index < -0.39 is 11.7 Å². The van der Waals surface area contributed by atoms with Crippen LogP contribution in [0.25, 0.3) is 0 Å². The summed E-state index contributed by atoms with van der Waals surface area (Å²) in [5.41, 5.74) is 4.29. The molecule has 0 bridgehead atoms. The van der Waals surface area contributed by atoms with Gasteiger partial charge < -0.3 is 10.5 Å². The Morgan fingerprint density at radius 3 is 2.67 bits per heavy atom. The first-order valence-corrected chi connectivity index (χ1v) is 4.01. The molecule has 1 rings (SSSR count). The van der Waals surface area contributed by atoms with Gasteiger partial charge in [0.1, 0.15) is 6.61 Å². The molecule has 0 fully saturated rings. The zero-order valence-electron chi connectivity index (χ0n) is 7.71. The quantitative estimate of drug-likeness (QED) is 0.791. The highest BCUT2D eigenvalue weighted by molar-refractivity contribution is 5.50. The largest absolute Gasteiger partial charge is 0.472 e. The molecule has 0 spiro atoms. The summed E-state index contributed by atoms with van der Waals surface area (Å²) >= 11 is 0. The van der Waals surface area contributed by atoms with Crippen LogP contribution >= 0.6 is 0 Å². The van der Waals surface area contributed by atoms with Crippen LogP contribution in [0.2, 0.25) is 0 Å². The van der Waals surface area contributed by atoms with Crippen LogP contribution in [0.3, 0.4) is 0 Å². The second-order valence-electron chi connectivity index (χ2n) is 2.72. The van der Waals surface area contributed by atoms with Gasteiger partial charge in [0.15, 0.2) is 0 Å². The Kier molecular flexibility index (Phi) is 3.18. The molecule has 0 aliphatic rings. The van der Waals surface area contributed by atoms with E-state index in [1.807, 2.05) is 0 Å². The van der Waals surface area contributed by atoms with Gasteiger partial charge in [0, 0.05) is 6.20 Å². The van der Waals surface area contributed by atoms with Gasteiger partial charge >= 0.3 is 6.18 Å². The maximum absolute atomic E-state index is 12.2. The van der Waals surface area contributed by atoms with Gasteiger partial charge in [-0.1, -0.05) is 12.7 Å². The molecule has 0 saturated carbocycles. The van der Waals surface area contributed by atoms with Crippen LogP contribution in [0.4, 0.5) is 18.9 Å². The Labute approximate surface area is 84.4 Å². The lowest BCUT2D eigenvalue weighted by Gasteiger charge is -2.09. The standard InChI is InChI=1S/C9H9F3N2O/c1-2-3-15-8-7(13)4-6(5-14-8)9(10,11)12/h2,4-5H,1,3,13H2. The molecule has 0 aliphatic carbocycles. The van der Waals surface area contributed by atoms with E-state index in [4.69, 9.17) is 10.5 Å². The van der Waals surface area contributed by atoms with Crippen molar-refractivity contribution in [2.24, 2.45) is 0 Å². The third-order valence-electron chi connectivity index (χ3n) is 1.54. The highest BCUT2D eigenvalue weighted by atomic mass is 19.4. The summed E-state index contributed by atoms with van der Waals surface area (Å²) in [7, 11) is 0. The highest BCUT2D eigenvalue weighted by Crippen LogP contribution is 2.31. The molecule has 0 saturated heterocycles. The van der Waals surface area contributed by atoms with Crippen LogP contribution < -0.4 is 10.5 Å². The molecule has 0 unspecified atom stereocenters. The molecule has 0 radical (unpaired) electrons. The molecule has 3 nitrogen and oxygen atoms in total. The fraction of sp³-hybridized carbons (Fsp3) is 0.222. The smallest absolute Gasteiger partial charge is 0.417 e. The van der Waals surface area contributed by atoms with E-state index in [2.05, 4.69) is 11.6 Å². The van der Waals surface area contributed by atoms with Crippen molar-refractivity contribution in [2.45, 2.75) is 6.18 Å². The van der Waals surface area contributed by atoms with Crippen molar-refractivity contribution in [1.29, 1.82) is 0 Å². The molecule has 0 aromatic carbocycles. The molecular weight excluding hydrogens is 209 g/mol. The van der Waals surface area contributed by atoms with Gasteiger partial charge in [-0.3, -0.25) is 0 Å². The summed E-state index contributed by atoms with van der Waals surface area (Å²) in [5, 5.41) is 0. The van der Waals surface area contributed by atoms with Gasteiger partial charge in [-0.05, 0) is 6.07 Å². The molecular formula is C9H9F3N2O. The lowest BCUT2D eigenvalue weighted by Crippen LogP contribution is -2.08. The minimum Gasteiger partial charge on any atom is -0.472 e. The number of hydrogen-bond acceptors (Lipinski definition) is 3. The summed E-state index contributed by atoms with van der Waals surface area (Å²) in [6.45, 7) is 3.53. The van der Waals surface area contributed by atoms with Crippen molar-refractivity contribution in [1.82, 2.24) is 4.98 Å². The van der Waals surface area contributed by atoms with Crippen LogP contribution in [0.5, 0.6) is 5.88 Å². The maximum atomic E-state index is 12.2. The van der Waals surface area contributed by atoms with Crippen molar-refractivity contribution >= 4 is 5.69 Å². The number of alkyl halides is 3. The zero-order chi connectivity index (χ0) is 11.5. The SMILES string of the molecule is C=CCOc1ncc(C(F)(F)F)cc1N. The van der Waals surface area contributed by atoms with E-state index in [-0.39, 0.29) is 18.2 Å². The number of ether oxygens (including phenoxy) is 1. The van der Waals surface area contributed by atoms with Gasteiger partial charge in [-0.25, -0.2) is 4.98 Å². The first kappa shape index (κ1) is 11.4. The van der Waals surface area contributed by atoms with Gasteiger partial charge in [-0.15, -0.1) is 0 Å². The van der Waals surface area contributed by atoms with Gasteiger partial charge in [0.05, 0.1) is 11.3 Å². The summed E-state index contributed by atoms with van der Waals surface area (Å²) < 4.78 is 41.5. The zero-order valence-corrected chi connectivity index (χ0v) is 7.71. The number of nitrogen functional groups attached to an aromatic ring is 1. The van der Waals surface area contributed by atoms with Crippen molar-refractivity contribution < 1.29 is 17.9 Å². The molecule has 6 heteroatoms. The van der Waals surface area contributed by atoms with Crippen LogP contribution in [-0.2, 0) is 6.18 Å². The van der Waals surface area contributed by atoms with Crippen LogP contribution in [0.15, 0.2) is 24.9 Å². The Balaban J connectivity index is 2.93. The minimum absolute atomic E-state index is 0.0251. The van der Waals surface area contributed by atoms with Crippen molar-refractivity contribution in [3.8, 4) is 5.88 Å². The molecule has 15 heavy (non-hydrogen) atoms. The monoisotopic (exact) mass is 218 g/mol. The second kappa shape index (κ2) is 4.20. The fourth-order valence-corrected chi connectivity index (χ4v) is 0.883. The van der Waals surface area contributed by atoms with Crippen molar-refractivity contribution in [3.63, 3.8) is 0 Å². The Morgan fingerprint density at radius 2 is 2.20 bits per heavy atom. The average Bonchev–Trinajstić information content (AvgIpc) is 2.14. The van der Waals surface area contributed by atoms with E-state index in [9.17, 15) is 13.2 Å². The molecule has 0 aliphatic heterocycles. The number of hydrogen-bond donors (Lipinski definition) is 1. The number of aromatic nitrogens is 1. The number of nitrogens with two attached hydrogens (primary N) is 1. The van der Waals surface area contributed by atoms with Gasteiger partial charge in [0.25, 0.3) is 0 Å². The molecule has 1 aromatic rings. The highest BCUT2D eigenvalue weighted by Gasteiger charge is 2.31. The minimum atomic E-state index is -4.45.